The fourth-order valence-corrected chi connectivity index (χ4v) is 5.88. The van der Waals surface area contributed by atoms with E-state index < -0.39 is 5.97 Å². The molecule has 5 nitrogen and oxygen atoms in total. The molecule has 0 saturated carbocycles. The second-order valence-corrected chi connectivity index (χ2v) is 9.90. The topological polar surface area (TPSA) is 75.8 Å². The predicted octanol–water partition coefficient (Wildman–Crippen LogP) is 4.09. The molecule has 1 atom stereocenters. The quantitative estimate of drug-likeness (QED) is 0.739. The molecule has 1 aliphatic heterocycles. The maximum absolute atomic E-state index is 12.2. The fraction of sp³-hybridized carbons (Fsp3) is 0.500. The Kier molecular flexibility index (Phi) is 5.31. The molecule has 0 radical (unpaired) electrons. The van der Waals surface area contributed by atoms with Crippen LogP contribution in [-0.2, 0) is 24.2 Å². The van der Waals surface area contributed by atoms with Gasteiger partial charge in [0.05, 0.1) is 11.7 Å². The molecule has 150 valence electrons. The summed E-state index contributed by atoms with van der Waals surface area (Å²) >= 11 is 1.68. The standard InChI is InChI=1S/C22H28N2O3S/c1-22(2)9-7-18-17(11-22)19(21(25)26)20(28-18)16-6-4-3-5-14(16)12-24-10-8-15(13-24)27-23/h3-6,15H,7-13,23H2,1-2H3,(H,25,26)/t15-/m1/s1. The number of thiophene rings is 1. The summed E-state index contributed by atoms with van der Waals surface area (Å²) in [7, 11) is 0. The molecule has 2 heterocycles. The van der Waals surface area contributed by atoms with Crippen molar-refractivity contribution >= 4 is 17.3 Å². The molecule has 0 spiro atoms. The summed E-state index contributed by atoms with van der Waals surface area (Å²) in [6.45, 7) is 7.00. The van der Waals surface area contributed by atoms with Crippen molar-refractivity contribution in [3.8, 4) is 10.4 Å². The van der Waals surface area contributed by atoms with Gasteiger partial charge in [-0.25, -0.2) is 10.7 Å². The minimum Gasteiger partial charge on any atom is -0.478 e. The van der Waals surface area contributed by atoms with Crippen LogP contribution >= 0.6 is 11.3 Å². The third kappa shape index (κ3) is 3.74. The first-order valence-electron chi connectivity index (χ1n) is 9.92. The molecule has 1 aromatic heterocycles. The number of benzene rings is 1. The zero-order valence-corrected chi connectivity index (χ0v) is 17.3. The Balaban J connectivity index is 1.72. The molecule has 6 heteroatoms. The van der Waals surface area contributed by atoms with Crippen LogP contribution in [0.1, 0.15) is 53.1 Å². The van der Waals surface area contributed by atoms with Crippen molar-refractivity contribution in [3.63, 3.8) is 0 Å². The molecule has 1 fully saturated rings. The number of aromatic carboxylic acids is 1. The van der Waals surface area contributed by atoms with E-state index in [0.29, 0.717) is 5.56 Å². The molecule has 1 saturated heterocycles. The smallest absolute Gasteiger partial charge is 0.337 e. The van der Waals surface area contributed by atoms with Crippen molar-refractivity contribution < 1.29 is 14.7 Å². The number of nitrogens with two attached hydrogens (primary N) is 1. The Labute approximate surface area is 170 Å². The van der Waals surface area contributed by atoms with Crippen LogP contribution < -0.4 is 5.90 Å². The Hall–Kier alpha value is -1.73. The van der Waals surface area contributed by atoms with Gasteiger partial charge in [0.1, 0.15) is 0 Å². The van der Waals surface area contributed by atoms with Gasteiger partial charge in [0, 0.05) is 29.4 Å². The molecule has 0 amide bonds. The number of hydrogen-bond acceptors (Lipinski definition) is 5. The van der Waals surface area contributed by atoms with Gasteiger partial charge in [-0.2, -0.15) is 0 Å². The van der Waals surface area contributed by atoms with E-state index in [9.17, 15) is 9.90 Å². The molecule has 2 aliphatic rings. The SMILES string of the molecule is CC1(C)CCc2sc(-c3ccccc3CN3CC[C@@H](ON)C3)c(C(=O)O)c2C1. The second-order valence-electron chi connectivity index (χ2n) is 8.79. The number of hydrogen-bond donors (Lipinski definition) is 2. The minimum atomic E-state index is -0.808. The highest BCUT2D eigenvalue weighted by Crippen LogP contribution is 2.45. The number of carboxylic acids is 1. The molecular formula is C22H28N2O3S. The fourth-order valence-electron chi connectivity index (χ4n) is 4.51. The van der Waals surface area contributed by atoms with Crippen LogP contribution in [0.3, 0.4) is 0 Å². The summed E-state index contributed by atoms with van der Waals surface area (Å²) in [5, 5.41) is 10.0. The first kappa shape index (κ1) is 19.6. The van der Waals surface area contributed by atoms with Crippen molar-refractivity contribution in [2.24, 2.45) is 11.3 Å². The zero-order chi connectivity index (χ0) is 19.9. The van der Waals surface area contributed by atoms with E-state index in [-0.39, 0.29) is 11.5 Å². The highest BCUT2D eigenvalue weighted by Gasteiger charge is 2.33. The summed E-state index contributed by atoms with van der Waals surface area (Å²) in [5.41, 5.74) is 3.94. The van der Waals surface area contributed by atoms with E-state index in [1.165, 1.54) is 10.4 Å². The molecule has 1 aliphatic carbocycles. The number of likely N-dealkylation sites (tertiary alicyclic amines) is 1. The van der Waals surface area contributed by atoms with Gasteiger partial charge in [-0.15, -0.1) is 11.3 Å². The van der Waals surface area contributed by atoms with Gasteiger partial charge in [-0.05, 0) is 47.8 Å². The van der Waals surface area contributed by atoms with Crippen molar-refractivity contribution in [1.82, 2.24) is 4.90 Å². The lowest BCUT2D eigenvalue weighted by atomic mass is 9.76. The largest absolute Gasteiger partial charge is 0.478 e. The van der Waals surface area contributed by atoms with Gasteiger partial charge in [-0.1, -0.05) is 38.1 Å². The monoisotopic (exact) mass is 400 g/mol. The average Bonchev–Trinajstić information content (AvgIpc) is 3.25. The second kappa shape index (κ2) is 7.59. The first-order chi connectivity index (χ1) is 13.4. The Bertz CT molecular complexity index is 890. The number of carboxylic acid groups (broad SMARTS) is 1. The highest BCUT2D eigenvalue weighted by atomic mass is 32.1. The van der Waals surface area contributed by atoms with Crippen LogP contribution in [0.5, 0.6) is 0 Å². The van der Waals surface area contributed by atoms with Crippen molar-refractivity contribution in [1.29, 1.82) is 0 Å². The maximum atomic E-state index is 12.2. The van der Waals surface area contributed by atoms with Gasteiger partial charge in [0.25, 0.3) is 0 Å². The molecule has 0 bridgehead atoms. The van der Waals surface area contributed by atoms with Gasteiger partial charge in [0.2, 0.25) is 0 Å². The number of aryl methyl sites for hydroxylation is 1. The number of rotatable bonds is 5. The lowest BCUT2D eigenvalue weighted by Gasteiger charge is -2.29. The number of nitrogens with zero attached hydrogens (tertiary/aromatic N) is 1. The van der Waals surface area contributed by atoms with Gasteiger partial charge in [0.15, 0.2) is 0 Å². The summed E-state index contributed by atoms with van der Waals surface area (Å²) in [6.07, 6.45) is 3.93. The van der Waals surface area contributed by atoms with E-state index in [4.69, 9.17) is 10.7 Å². The van der Waals surface area contributed by atoms with Crippen LogP contribution in [0.4, 0.5) is 0 Å². The van der Waals surface area contributed by atoms with Crippen molar-refractivity contribution in [2.45, 2.75) is 52.2 Å². The third-order valence-corrected chi connectivity index (χ3v) is 7.39. The molecular weight excluding hydrogens is 372 g/mol. The highest BCUT2D eigenvalue weighted by molar-refractivity contribution is 7.16. The Morgan fingerprint density at radius 3 is 2.89 bits per heavy atom. The molecule has 4 rings (SSSR count). The van der Waals surface area contributed by atoms with E-state index in [1.807, 2.05) is 12.1 Å². The van der Waals surface area contributed by atoms with E-state index in [1.54, 1.807) is 11.3 Å². The molecule has 2 aromatic rings. The summed E-state index contributed by atoms with van der Waals surface area (Å²) in [6, 6.07) is 8.21. The van der Waals surface area contributed by atoms with Crippen LogP contribution in [0, 0.1) is 5.41 Å². The molecule has 3 N–H and O–H groups in total. The van der Waals surface area contributed by atoms with Crippen LogP contribution in [0.25, 0.3) is 10.4 Å². The zero-order valence-electron chi connectivity index (χ0n) is 16.5. The van der Waals surface area contributed by atoms with Gasteiger partial charge >= 0.3 is 5.97 Å². The van der Waals surface area contributed by atoms with Crippen LogP contribution in [0.15, 0.2) is 24.3 Å². The molecule has 0 unspecified atom stereocenters. The lowest BCUT2D eigenvalue weighted by Crippen LogP contribution is -2.24. The van der Waals surface area contributed by atoms with E-state index in [0.717, 1.165) is 61.3 Å². The average molecular weight is 401 g/mol. The summed E-state index contributed by atoms with van der Waals surface area (Å²) in [4.78, 5) is 21.7. The number of carbonyl (C=O) groups is 1. The van der Waals surface area contributed by atoms with Gasteiger partial charge < -0.3 is 5.11 Å². The van der Waals surface area contributed by atoms with Crippen LogP contribution in [0.2, 0.25) is 0 Å². The Morgan fingerprint density at radius 1 is 1.39 bits per heavy atom. The first-order valence-corrected chi connectivity index (χ1v) is 10.7. The van der Waals surface area contributed by atoms with Crippen molar-refractivity contribution in [2.75, 3.05) is 13.1 Å². The van der Waals surface area contributed by atoms with Crippen LogP contribution in [-0.4, -0.2) is 35.2 Å². The lowest BCUT2D eigenvalue weighted by molar-refractivity contribution is 0.0589. The molecule has 1 aromatic carbocycles. The summed E-state index contributed by atoms with van der Waals surface area (Å²) < 4.78 is 0. The van der Waals surface area contributed by atoms with Crippen molar-refractivity contribution in [3.05, 3.63) is 45.8 Å². The van der Waals surface area contributed by atoms with E-state index in [2.05, 4.69) is 30.9 Å². The molecule has 28 heavy (non-hydrogen) atoms. The van der Waals surface area contributed by atoms with Gasteiger partial charge in [-0.3, -0.25) is 9.74 Å². The van der Waals surface area contributed by atoms with E-state index >= 15 is 0 Å². The minimum absolute atomic E-state index is 0.0815. The predicted molar refractivity (Wildman–Crippen MR) is 111 cm³/mol. The normalized spacial score (nSPS) is 21.6. The third-order valence-electron chi connectivity index (χ3n) is 6.07. The Morgan fingerprint density at radius 2 is 2.18 bits per heavy atom. The number of fused-ring (bicyclic) bond motifs is 1. The maximum Gasteiger partial charge on any atom is 0.337 e. The summed E-state index contributed by atoms with van der Waals surface area (Å²) in [5.74, 6) is 4.54.